The Labute approximate surface area is 201 Å². The lowest BCUT2D eigenvalue weighted by atomic mass is 9.59. The molecule has 0 aliphatic heterocycles. The van der Waals surface area contributed by atoms with E-state index in [1.165, 1.54) is 5.56 Å². The zero-order valence-electron chi connectivity index (χ0n) is 21.5. The van der Waals surface area contributed by atoms with E-state index in [9.17, 15) is 5.11 Å². The second-order valence-corrected chi connectivity index (χ2v) is 16.2. The molecule has 0 heterocycles. The number of aliphatic hydroxyl groups is 1. The molecule has 0 saturated heterocycles. The third kappa shape index (κ3) is 6.49. The highest BCUT2D eigenvalue weighted by Gasteiger charge is 2.49. The molecule has 0 radical (unpaired) electrons. The normalized spacial score (nSPS) is 26.3. The van der Waals surface area contributed by atoms with E-state index in [1.807, 2.05) is 6.07 Å². The highest BCUT2D eigenvalue weighted by molar-refractivity contribution is 6.74. The predicted octanol–water partition coefficient (Wildman–Crippen LogP) is 6.04. The van der Waals surface area contributed by atoms with E-state index < -0.39 is 8.32 Å². The Morgan fingerprint density at radius 2 is 1.88 bits per heavy atom. The van der Waals surface area contributed by atoms with Crippen LogP contribution in [0.2, 0.25) is 18.1 Å². The lowest BCUT2D eigenvalue weighted by molar-refractivity contribution is -0.116. The van der Waals surface area contributed by atoms with Crippen LogP contribution in [0, 0.1) is 11.3 Å². The molecule has 3 rings (SSSR count). The molecule has 5 nitrogen and oxygen atoms in total. The third-order valence-corrected chi connectivity index (χ3v) is 12.4. The van der Waals surface area contributed by atoms with Crippen molar-refractivity contribution >= 4 is 8.32 Å². The maximum Gasteiger partial charge on any atom is 0.250 e. The van der Waals surface area contributed by atoms with Gasteiger partial charge in [0.25, 0.3) is 0 Å². The summed E-state index contributed by atoms with van der Waals surface area (Å²) in [5.74, 6) is 1.43. The summed E-state index contributed by atoms with van der Waals surface area (Å²) in [5.41, 5.74) is 2.27. The van der Waals surface area contributed by atoms with Crippen LogP contribution < -0.4 is 0 Å². The number of rotatable bonds is 10. The maximum atomic E-state index is 10.3. The van der Waals surface area contributed by atoms with Crippen LogP contribution in [0.5, 0.6) is 0 Å². The first-order valence-corrected chi connectivity index (χ1v) is 15.2. The van der Waals surface area contributed by atoms with Crippen LogP contribution in [0.25, 0.3) is 0 Å². The fourth-order valence-electron chi connectivity index (χ4n) is 4.99. The van der Waals surface area contributed by atoms with Gasteiger partial charge in [-0.15, -0.1) is 0 Å². The fourth-order valence-corrected chi connectivity index (χ4v) is 6.14. The van der Waals surface area contributed by atoms with E-state index in [0.717, 1.165) is 43.4 Å². The van der Waals surface area contributed by atoms with E-state index in [-0.39, 0.29) is 23.2 Å². The molecule has 2 aliphatic rings. The van der Waals surface area contributed by atoms with Crippen molar-refractivity contribution in [2.24, 2.45) is 11.3 Å². The second kappa shape index (κ2) is 11.0. The molecule has 1 fully saturated rings. The topological polar surface area (TPSA) is 57.2 Å². The van der Waals surface area contributed by atoms with E-state index in [1.54, 1.807) is 7.11 Å². The molecule has 1 aromatic carbocycles. The summed E-state index contributed by atoms with van der Waals surface area (Å²) in [6.07, 6.45) is 4.94. The number of methoxy groups -OCH3 is 1. The minimum atomic E-state index is -1.99. The summed E-state index contributed by atoms with van der Waals surface area (Å²) in [6.45, 7) is 13.0. The Morgan fingerprint density at radius 3 is 2.52 bits per heavy atom. The molecule has 0 aromatic heterocycles. The van der Waals surface area contributed by atoms with Crippen LogP contribution in [0.15, 0.2) is 41.7 Å². The second-order valence-electron chi connectivity index (χ2n) is 11.4. The van der Waals surface area contributed by atoms with Crippen LogP contribution in [0.4, 0.5) is 0 Å². The molecule has 2 aliphatic carbocycles. The van der Waals surface area contributed by atoms with Crippen LogP contribution >= 0.6 is 0 Å². The lowest BCUT2D eigenvalue weighted by Crippen LogP contribution is -2.47. The first-order valence-electron chi connectivity index (χ1n) is 12.3. The van der Waals surface area contributed by atoms with Gasteiger partial charge in [-0.25, -0.2) is 0 Å². The number of hydrogen-bond acceptors (Lipinski definition) is 5. The summed E-state index contributed by atoms with van der Waals surface area (Å²) in [7, 11) is -0.329. The zero-order valence-corrected chi connectivity index (χ0v) is 22.5. The molecule has 33 heavy (non-hydrogen) atoms. The highest BCUT2D eigenvalue weighted by Crippen LogP contribution is 2.54. The van der Waals surface area contributed by atoms with Crippen LogP contribution in [0.1, 0.15) is 58.4 Å². The first kappa shape index (κ1) is 26.4. The standard InChI is InChI=1S/C27H44O5Si/c1-26(2,3)33(5,6)32-25-15-23-14-24(31-18-21-10-8-7-9-11-21)12-13-27(23,16-22(25)17-28)19-30-20-29-4/h7-11,23-24,28H,12-20H2,1-6H3/t23-,24+,27-/m1/s1. The molecule has 3 atom stereocenters. The first-order chi connectivity index (χ1) is 15.6. The zero-order chi connectivity index (χ0) is 24.1. The summed E-state index contributed by atoms with van der Waals surface area (Å²) in [4.78, 5) is 0. The smallest absolute Gasteiger partial charge is 0.250 e. The summed E-state index contributed by atoms with van der Waals surface area (Å²) in [5, 5.41) is 10.4. The number of benzene rings is 1. The monoisotopic (exact) mass is 476 g/mol. The van der Waals surface area contributed by atoms with Crippen molar-refractivity contribution in [2.75, 3.05) is 27.1 Å². The van der Waals surface area contributed by atoms with Gasteiger partial charge in [-0.05, 0) is 60.9 Å². The maximum absolute atomic E-state index is 10.3. The van der Waals surface area contributed by atoms with Crippen molar-refractivity contribution in [3.05, 3.63) is 47.2 Å². The van der Waals surface area contributed by atoms with Crippen molar-refractivity contribution < 1.29 is 23.7 Å². The summed E-state index contributed by atoms with van der Waals surface area (Å²) < 4.78 is 24.3. The van der Waals surface area contributed by atoms with Crippen LogP contribution in [0.3, 0.4) is 0 Å². The summed E-state index contributed by atoms with van der Waals surface area (Å²) >= 11 is 0. The molecular weight excluding hydrogens is 432 g/mol. The van der Waals surface area contributed by atoms with Gasteiger partial charge in [-0.2, -0.15) is 0 Å². The van der Waals surface area contributed by atoms with Crippen LogP contribution in [-0.2, 0) is 25.2 Å². The number of ether oxygens (including phenoxy) is 3. The molecule has 1 saturated carbocycles. The Bertz CT molecular complexity index is 785. The largest absolute Gasteiger partial charge is 0.546 e. The minimum Gasteiger partial charge on any atom is -0.546 e. The van der Waals surface area contributed by atoms with E-state index in [2.05, 4.69) is 58.1 Å². The predicted molar refractivity (Wildman–Crippen MR) is 134 cm³/mol. The Hall–Kier alpha value is -1.18. The number of fused-ring (bicyclic) bond motifs is 1. The van der Waals surface area contributed by atoms with Gasteiger partial charge >= 0.3 is 0 Å². The Kier molecular flexibility index (Phi) is 8.84. The molecule has 186 valence electrons. The molecule has 0 amide bonds. The highest BCUT2D eigenvalue weighted by atomic mass is 28.4. The number of aliphatic hydroxyl groups excluding tert-OH is 1. The van der Waals surface area contributed by atoms with Gasteiger partial charge in [0.2, 0.25) is 8.32 Å². The van der Waals surface area contributed by atoms with E-state index in [4.69, 9.17) is 18.6 Å². The molecule has 1 N–H and O–H groups in total. The minimum absolute atomic E-state index is 0.00346. The van der Waals surface area contributed by atoms with Crippen molar-refractivity contribution in [2.45, 2.75) is 83.7 Å². The third-order valence-electron chi connectivity index (χ3n) is 8.06. The van der Waals surface area contributed by atoms with Crippen molar-refractivity contribution in [3.63, 3.8) is 0 Å². The van der Waals surface area contributed by atoms with Gasteiger partial charge in [0.05, 0.1) is 31.7 Å². The van der Waals surface area contributed by atoms with Gasteiger partial charge < -0.3 is 23.7 Å². The van der Waals surface area contributed by atoms with Gasteiger partial charge in [0.1, 0.15) is 6.79 Å². The van der Waals surface area contributed by atoms with Gasteiger partial charge in [0, 0.05) is 18.9 Å². The molecular formula is C27H44O5Si. The SMILES string of the molecule is COCOC[C@]12CC[C@H](OCc3ccccc3)C[C@@H]1CC(O[Si](C)(C)C(C)(C)C)=C(CO)C2. The lowest BCUT2D eigenvalue weighted by Gasteiger charge is -2.51. The average molecular weight is 477 g/mol. The fraction of sp³-hybridized carbons (Fsp3) is 0.704. The van der Waals surface area contributed by atoms with Gasteiger partial charge in [0.15, 0.2) is 0 Å². The van der Waals surface area contributed by atoms with Gasteiger partial charge in [-0.3, -0.25) is 0 Å². The quantitative estimate of drug-likeness (QED) is 0.253. The summed E-state index contributed by atoms with van der Waals surface area (Å²) in [6, 6.07) is 10.4. The number of hydrogen-bond donors (Lipinski definition) is 1. The van der Waals surface area contributed by atoms with E-state index >= 15 is 0 Å². The Balaban J connectivity index is 1.78. The molecule has 1 aromatic rings. The molecule has 0 spiro atoms. The number of allylic oxidation sites excluding steroid dienone is 1. The van der Waals surface area contributed by atoms with E-state index in [0.29, 0.717) is 25.9 Å². The van der Waals surface area contributed by atoms with Crippen molar-refractivity contribution in [1.29, 1.82) is 0 Å². The van der Waals surface area contributed by atoms with Gasteiger partial charge in [-0.1, -0.05) is 51.1 Å². The molecule has 0 unspecified atom stereocenters. The van der Waals surface area contributed by atoms with Crippen molar-refractivity contribution in [1.82, 2.24) is 0 Å². The average Bonchev–Trinajstić information content (AvgIpc) is 2.77. The molecule has 6 heteroatoms. The molecule has 0 bridgehead atoms. The van der Waals surface area contributed by atoms with Crippen LogP contribution in [-0.4, -0.2) is 46.6 Å². The van der Waals surface area contributed by atoms with Crippen molar-refractivity contribution in [3.8, 4) is 0 Å². The Morgan fingerprint density at radius 1 is 1.15 bits per heavy atom.